The van der Waals surface area contributed by atoms with Crippen LogP contribution in [0.25, 0.3) is 0 Å². The number of carboxylic acids is 1. The second-order valence-electron chi connectivity index (χ2n) is 4.69. The highest BCUT2D eigenvalue weighted by Crippen LogP contribution is 2.21. The van der Waals surface area contributed by atoms with Crippen LogP contribution >= 0.6 is 0 Å². The van der Waals surface area contributed by atoms with E-state index in [4.69, 9.17) is 5.11 Å². The first kappa shape index (κ1) is 10.9. The quantitative estimate of drug-likeness (QED) is 0.745. The van der Waals surface area contributed by atoms with Crippen LogP contribution in [0.15, 0.2) is 0 Å². The Morgan fingerprint density at radius 1 is 1.33 bits per heavy atom. The zero-order valence-corrected chi connectivity index (χ0v) is 9.35. The molecular formula is C11H20N2O2. The molecule has 0 aromatic rings. The number of hydrogen-bond acceptors (Lipinski definition) is 3. The molecule has 2 rings (SSSR count). The van der Waals surface area contributed by atoms with Gasteiger partial charge in [0.05, 0.1) is 0 Å². The van der Waals surface area contributed by atoms with Crippen LogP contribution in [0.5, 0.6) is 0 Å². The molecule has 2 atom stereocenters. The molecule has 86 valence electrons. The van der Waals surface area contributed by atoms with Crippen LogP contribution in [0.2, 0.25) is 0 Å². The first-order valence-corrected chi connectivity index (χ1v) is 5.89. The van der Waals surface area contributed by atoms with Gasteiger partial charge in [-0.2, -0.15) is 0 Å². The molecule has 2 aliphatic rings. The maximum absolute atomic E-state index is 10.9. The summed E-state index contributed by atoms with van der Waals surface area (Å²) < 4.78 is 0. The Balaban J connectivity index is 1.86. The highest BCUT2D eigenvalue weighted by Gasteiger charge is 2.33. The van der Waals surface area contributed by atoms with Crippen LogP contribution < -0.4 is 0 Å². The summed E-state index contributed by atoms with van der Waals surface area (Å²) in [4.78, 5) is 15.5. The third kappa shape index (κ3) is 2.32. The number of rotatable bonds is 3. The van der Waals surface area contributed by atoms with Crippen LogP contribution in [0.3, 0.4) is 0 Å². The molecule has 0 amide bonds. The van der Waals surface area contributed by atoms with Crippen LogP contribution in [0.1, 0.15) is 26.2 Å². The predicted molar refractivity (Wildman–Crippen MR) is 57.9 cm³/mol. The molecule has 15 heavy (non-hydrogen) atoms. The molecule has 2 heterocycles. The standard InChI is InChI=1S/C11H20N2O2/c1-9(11(14)15)13-7-4-10(8-13)12-5-2-3-6-12/h9-10H,2-8H2,1H3,(H,14,15). The topological polar surface area (TPSA) is 43.8 Å². The Kier molecular flexibility index (Phi) is 3.26. The second-order valence-corrected chi connectivity index (χ2v) is 4.69. The second kappa shape index (κ2) is 4.49. The fraction of sp³-hybridized carbons (Fsp3) is 0.909. The summed E-state index contributed by atoms with van der Waals surface area (Å²) in [5, 5.41) is 8.94. The SMILES string of the molecule is CC(C(=O)O)N1CCC(N2CCCC2)C1. The van der Waals surface area contributed by atoms with Gasteiger partial charge in [-0.05, 0) is 39.3 Å². The normalized spacial score (nSPS) is 30.9. The molecule has 4 heteroatoms. The van der Waals surface area contributed by atoms with Crippen LogP contribution in [-0.2, 0) is 4.79 Å². The monoisotopic (exact) mass is 212 g/mol. The minimum atomic E-state index is -0.697. The van der Waals surface area contributed by atoms with E-state index in [0.717, 1.165) is 19.5 Å². The number of carbonyl (C=O) groups is 1. The lowest BCUT2D eigenvalue weighted by Crippen LogP contribution is -2.40. The molecule has 1 N–H and O–H groups in total. The predicted octanol–water partition coefficient (Wildman–Crippen LogP) is 0.630. The van der Waals surface area contributed by atoms with Gasteiger partial charge in [-0.1, -0.05) is 0 Å². The molecule has 0 aromatic carbocycles. The molecule has 0 spiro atoms. The van der Waals surface area contributed by atoms with E-state index in [-0.39, 0.29) is 6.04 Å². The van der Waals surface area contributed by atoms with Gasteiger partial charge in [-0.3, -0.25) is 14.6 Å². The van der Waals surface area contributed by atoms with Gasteiger partial charge in [-0.15, -0.1) is 0 Å². The van der Waals surface area contributed by atoms with Crippen LogP contribution in [0, 0.1) is 0 Å². The molecule has 2 aliphatic heterocycles. The van der Waals surface area contributed by atoms with E-state index < -0.39 is 5.97 Å². The van der Waals surface area contributed by atoms with Gasteiger partial charge in [0.1, 0.15) is 6.04 Å². The summed E-state index contributed by atoms with van der Waals surface area (Å²) in [5.41, 5.74) is 0. The fourth-order valence-corrected chi connectivity index (χ4v) is 2.68. The number of likely N-dealkylation sites (tertiary alicyclic amines) is 2. The van der Waals surface area contributed by atoms with E-state index in [1.54, 1.807) is 6.92 Å². The van der Waals surface area contributed by atoms with E-state index in [9.17, 15) is 4.79 Å². The van der Waals surface area contributed by atoms with Crippen molar-refractivity contribution < 1.29 is 9.90 Å². The summed E-state index contributed by atoms with van der Waals surface area (Å²) in [6, 6.07) is 0.284. The molecule has 0 saturated carbocycles. The molecule has 2 saturated heterocycles. The fourth-order valence-electron chi connectivity index (χ4n) is 2.68. The van der Waals surface area contributed by atoms with Gasteiger partial charge in [0.2, 0.25) is 0 Å². The molecule has 0 radical (unpaired) electrons. The molecule has 2 unspecified atom stereocenters. The lowest BCUT2D eigenvalue weighted by molar-refractivity contribution is -0.142. The first-order chi connectivity index (χ1) is 7.18. The van der Waals surface area contributed by atoms with E-state index >= 15 is 0 Å². The third-order valence-electron chi connectivity index (χ3n) is 3.76. The molecule has 4 nitrogen and oxygen atoms in total. The average molecular weight is 212 g/mol. The Morgan fingerprint density at radius 2 is 2.00 bits per heavy atom. The van der Waals surface area contributed by atoms with Gasteiger partial charge < -0.3 is 5.11 Å². The zero-order valence-electron chi connectivity index (χ0n) is 9.35. The maximum atomic E-state index is 10.9. The van der Waals surface area contributed by atoms with Crippen molar-refractivity contribution >= 4 is 5.97 Å². The van der Waals surface area contributed by atoms with Gasteiger partial charge in [-0.25, -0.2) is 0 Å². The van der Waals surface area contributed by atoms with Gasteiger partial charge in [0, 0.05) is 19.1 Å². The molecule has 2 fully saturated rings. The van der Waals surface area contributed by atoms with Crippen molar-refractivity contribution in [1.29, 1.82) is 0 Å². The van der Waals surface area contributed by atoms with Crippen molar-refractivity contribution in [2.75, 3.05) is 26.2 Å². The smallest absolute Gasteiger partial charge is 0.320 e. The largest absolute Gasteiger partial charge is 0.480 e. The number of carboxylic acid groups (broad SMARTS) is 1. The third-order valence-corrected chi connectivity index (χ3v) is 3.76. The zero-order chi connectivity index (χ0) is 10.8. The van der Waals surface area contributed by atoms with Gasteiger partial charge in [0.25, 0.3) is 0 Å². The minimum absolute atomic E-state index is 0.322. The Hall–Kier alpha value is -0.610. The minimum Gasteiger partial charge on any atom is -0.480 e. The van der Waals surface area contributed by atoms with Gasteiger partial charge >= 0.3 is 5.97 Å². The lowest BCUT2D eigenvalue weighted by Gasteiger charge is -2.25. The summed E-state index contributed by atoms with van der Waals surface area (Å²) >= 11 is 0. The first-order valence-electron chi connectivity index (χ1n) is 5.89. The number of aliphatic carboxylic acids is 1. The molecule has 0 aromatic heterocycles. The van der Waals surface area contributed by atoms with Crippen LogP contribution in [0.4, 0.5) is 0 Å². The van der Waals surface area contributed by atoms with E-state index in [1.165, 1.54) is 25.9 Å². The lowest BCUT2D eigenvalue weighted by atomic mass is 10.2. The van der Waals surface area contributed by atoms with Crippen molar-refractivity contribution in [1.82, 2.24) is 9.80 Å². The van der Waals surface area contributed by atoms with Crippen LogP contribution in [-0.4, -0.2) is 59.1 Å². The number of hydrogen-bond donors (Lipinski definition) is 1. The van der Waals surface area contributed by atoms with E-state index in [0.29, 0.717) is 6.04 Å². The summed E-state index contributed by atoms with van der Waals surface area (Å²) in [7, 11) is 0. The maximum Gasteiger partial charge on any atom is 0.320 e. The van der Waals surface area contributed by atoms with E-state index in [1.807, 2.05) is 0 Å². The molecular weight excluding hydrogens is 192 g/mol. The summed E-state index contributed by atoms with van der Waals surface area (Å²) in [6.07, 6.45) is 3.76. The highest BCUT2D eigenvalue weighted by atomic mass is 16.4. The Labute approximate surface area is 90.9 Å². The van der Waals surface area contributed by atoms with Crippen molar-refractivity contribution in [2.24, 2.45) is 0 Å². The van der Waals surface area contributed by atoms with E-state index in [2.05, 4.69) is 9.80 Å². The Morgan fingerprint density at radius 3 is 2.60 bits per heavy atom. The number of nitrogens with zero attached hydrogens (tertiary/aromatic N) is 2. The Bertz CT molecular complexity index is 239. The van der Waals surface area contributed by atoms with Crippen molar-refractivity contribution in [2.45, 2.75) is 38.3 Å². The molecule has 0 aliphatic carbocycles. The summed E-state index contributed by atoms with van der Waals surface area (Å²) in [5.74, 6) is -0.697. The molecule has 0 bridgehead atoms. The summed E-state index contributed by atoms with van der Waals surface area (Å²) in [6.45, 7) is 6.08. The van der Waals surface area contributed by atoms with Crippen molar-refractivity contribution in [3.05, 3.63) is 0 Å². The van der Waals surface area contributed by atoms with Gasteiger partial charge in [0.15, 0.2) is 0 Å². The van der Waals surface area contributed by atoms with Crippen molar-refractivity contribution in [3.63, 3.8) is 0 Å². The average Bonchev–Trinajstić information content (AvgIpc) is 2.86. The highest BCUT2D eigenvalue weighted by molar-refractivity contribution is 5.72. The van der Waals surface area contributed by atoms with Crippen molar-refractivity contribution in [3.8, 4) is 0 Å².